The first-order chi connectivity index (χ1) is 7.74. The minimum absolute atomic E-state index is 0.223. The molecule has 1 saturated heterocycles. The second kappa shape index (κ2) is 5.17. The van der Waals surface area contributed by atoms with Gasteiger partial charge in [-0.25, -0.2) is 0 Å². The molecule has 1 aliphatic carbocycles. The lowest BCUT2D eigenvalue weighted by atomic mass is 9.95. The summed E-state index contributed by atoms with van der Waals surface area (Å²) in [6.07, 6.45) is 5.03. The number of carbonyl (C=O) groups excluding carboxylic acids is 1. The molecule has 0 spiro atoms. The van der Waals surface area contributed by atoms with Gasteiger partial charge in [0.2, 0.25) is 5.91 Å². The summed E-state index contributed by atoms with van der Waals surface area (Å²) < 4.78 is 0. The van der Waals surface area contributed by atoms with E-state index in [2.05, 4.69) is 24.1 Å². The molecule has 2 fully saturated rings. The van der Waals surface area contributed by atoms with Crippen LogP contribution in [0.25, 0.3) is 0 Å². The molecule has 16 heavy (non-hydrogen) atoms. The molecular weight excluding hydrogens is 200 g/mol. The van der Waals surface area contributed by atoms with Crippen molar-refractivity contribution in [2.75, 3.05) is 19.6 Å². The largest absolute Gasteiger partial charge is 0.340 e. The quantitative estimate of drug-likeness (QED) is 0.790. The average molecular weight is 224 g/mol. The average Bonchev–Trinajstić information content (AvgIpc) is 2.90. The van der Waals surface area contributed by atoms with Gasteiger partial charge >= 0.3 is 0 Å². The molecule has 0 aromatic carbocycles. The number of nitrogens with one attached hydrogen (secondary N) is 1. The van der Waals surface area contributed by atoms with Crippen LogP contribution in [0.3, 0.4) is 0 Å². The Morgan fingerprint density at radius 1 is 1.31 bits per heavy atom. The predicted molar refractivity (Wildman–Crippen MR) is 65.2 cm³/mol. The van der Waals surface area contributed by atoms with Gasteiger partial charge in [-0.2, -0.15) is 0 Å². The van der Waals surface area contributed by atoms with Crippen molar-refractivity contribution in [3.8, 4) is 0 Å². The van der Waals surface area contributed by atoms with E-state index in [0.29, 0.717) is 17.9 Å². The maximum Gasteiger partial charge on any atom is 0.227 e. The fourth-order valence-electron chi connectivity index (χ4n) is 3.16. The summed E-state index contributed by atoms with van der Waals surface area (Å²) in [5, 5.41) is 3.33. The molecule has 1 saturated carbocycles. The van der Waals surface area contributed by atoms with Crippen molar-refractivity contribution in [3.05, 3.63) is 0 Å². The van der Waals surface area contributed by atoms with Gasteiger partial charge in [0.05, 0.1) is 5.92 Å². The lowest BCUT2D eigenvalue weighted by Gasteiger charge is -2.31. The van der Waals surface area contributed by atoms with Crippen molar-refractivity contribution in [1.29, 1.82) is 0 Å². The third kappa shape index (κ3) is 2.24. The van der Waals surface area contributed by atoms with E-state index in [-0.39, 0.29) is 5.92 Å². The van der Waals surface area contributed by atoms with Crippen LogP contribution in [0.5, 0.6) is 0 Å². The molecule has 1 heterocycles. The number of hydrogen-bond acceptors (Lipinski definition) is 2. The van der Waals surface area contributed by atoms with Crippen molar-refractivity contribution >= 4 is 5.91 Å². The second-order valence-electron chi connectivity index (χ2n) is 5.30. The van der Waals surface area contributed by atoms with Gasteiger partial charge in [0.15, 0.2) is 0 Å². The Bertz CT molecular complexity index is 248. The fraction of sp³-hybridized carbons (Fsp3) is 0.923. The highest BCUT2D eigenvalue weighted by atomic mass is 16.2. The van der Waals surface area contributed by atoms with Crippen molar-refractivity contribution in [2.24, 2.45) is 11.8 Å². The molecule has 2 aliphatic rings. The summed E-state index contributed by atoms with van der Waals surface area (Å²) in [6.45, 7) is 7.06. The van der Waals surface area contributed by atoms with Crippen LogP contribution in [0.4, 0.5) is 0 Å². The first kappa shape index (κ1) is 11.9. The van der Waals surface area contributed by atoms with Crippen LogP contribution in [0.1, 0.15) is 39.5 Å². The van der Waals surface area contributed by atoms with E-state index in [4.69, 9.17) is 0 Å². The maximum atomic E-state index is 12.5. The van der Waals surface area contributed by atoms with Crippen molar-refractivity contribution in [1.82, 2.24) is 10.2 Å². The minimum atomic E-state index is 0.223. The minimum Gasteiger partial charge on any atom is -0.340 e. The van der Waals surface area contributed by atoms with Crippen LogP contribution in [-0.4, -0.2) is 36.5 Å². The molecule has 1 N–H and O–H groups in total. The zero-order chi connectivity index (χ0) is 11.5. The van der Waals surface area contributed by atoms with Gasteiger partial charge in [-0.1, -0.05) is 19.8 Å². The molecular formula is C13H24N2O. The van der Waals surface area contributed by atoms with E-state index < -0.39 is 0 Å². The van der Waals surface area contributed by atoms with Crippen LogP contribution in [-0.2, 0) is 4.79 Å². The monoisotopic (exact) mass is 224 g/mol. The molecule has 3 nitrogen and oxygen atoms in total. The summed E-state index contributed by atoms with van der Waals surface area (Å²) in [5.74, 6) is 1.12. The lowest BCUT2D eigenvalue weighted by Crippen LogP contribution is -2.44. The molecule has 1 aliphatic heterocycles. The summed E-state index contributed by atoms with van der Waals surface area (Å²) >= 11 is 0. The normalized spacial score (nSPS) is 30.9. The van der Waals surface area contributed by atoms with Gasteiger partial charge in [0.25, 0.3) is 0 Å². The molecule has 92 valence electrons. The summed E-state index contributed by atoms with van der Waals surface area (Å²) in [6, 6.07) is 0.533. The highest BCUT2D eigenvalue weighted by Crippen LogP contribution is 2.27. The maximum absolute atomic E-state index is 12.5. The number of rotatable bonds is 3. The summed E-state index contributed by atoms with van der Waals surface area (Å²) in [4.78, 5) is 14.6. The number of amides is 1. The van der Waals surface area contributed by atoms with Gasteiger partial charge in [-0.15, -0.1) is 0 Å². The Morgan fingerprint density at radius 3 is 2.50 bits per heavy atom. The SMILES string of the molecule is CCN(C(=O)[C@@H]1CNC[C@H]1C)C1CCCC1. The Balaban J connectivity index is 1.99. The Kier molecular flexibility index (Phi) is 3.85. The first-order valence-corrected chi connectivity index (χ1v) is 6.75. The van der Waals surface area contributed by atoms with Gasteiger partial charge in [0, 0.05) is 19.1 Å². The Labute approximate surface area is 98.6 Å². The number of nitrogens with zero attached hydrogens (tertiary/aromatic N) is 1. The van der Waals surface area contributed by atoms with E-state index in [9.17, 15) is 4.79 Å². The third-order valence-electron chi connectivity index (χ3n) is 4.22. The van der Waals surface area contributed by atoms with Crippen LogP contribution in [0.2, 0.25) is 0 Å². The molecule has 0 radical (unpaired) electrons. The zero-order valence-corrected chi connectivity index (χ0v) is 10.5. The van der Waals surface area contributed by atoms with Gasteiger partial charge in [-0.05, 0) is 32.2 Å². The van der Waals surface area contributed by atoms with E-state index in [1.165, 1.54) is 25.7 Å². The Hall–Kier alpha value is -0.570. The summed E-state index contributed by atoms with van der Waals surface area (Å²) in [5.41, 5.74) is 0. The standard InChI is InChI=1S/C13H24N2O/c1-3-15(11-6-4-5-7-11)13(16)12-9-14-8-10(12)2/h10-12,14H,3-9H2,1-2H3/t10-,12-/m1/s1. The van der Waals surface area contributed by atoms with Crippen molar-refractivity contribution in [3.63, 3.8) is 0 Å². The molecule has 0 bridgehead atoms. The molecule has 2 rings (SSSR count). The van der Waals surface area contributed by atoms with Gasteiger partial charge in [-0.3, -0.25) is 4.79 Å². The lowest BCUT2D eigenvalue weighted by molar-refractivity contribution is -0.138. The summed E-state index contributed by atoms with van der Waals surface area (Å²) in [7, 11) is 0. The molecule has 1 amide bonds. The Morgan fingerprint density at radius 2 is 2.00 bits per heavy atom. The van der Waals surface area contributed by atoms with E-state index >= 15 is 0 Å². The fourth-order valence-corrected chi connectivity index (χ4v) is 3.16. The van der Waals surface area contributed by atoms with Crippen LogP contribution in [0.15, 0.2) is 0 Å². The highest BCUT2D eigenvalue weighted by molar-refractivity contribution is 5.80. The molecule has 2 atom stereocenters. The third-order valence-corrected chi connectivity index (χ3v) is 4.22. The van der Waals surface area contributed by atoms with Crippen LogP contribution >= 0.6 is 0 Å². The number of carbonyl (C=O) groups is 1. The van der Waals surface area contributed by atoms with E-state index in [1.807, 2.05) is 0 Å². The second-order valence-corrected chi connectivity index (χ2v) is 5.30. The molecule has 0 unspecified atom stereocenters. The first-order valence-electron chi connectivity index (χ1n) is 6.75. The van der Waals surface area contributed by atoms with Gasteiger partial charge in [0.1, 0.15) is 0 Å². The van der Waals surface area contributed by atoms with Crippen LogP contribution < -0.4 is 5.32 Å². The zero-order valence-electron chi connectivity index (χ0n) is 10.5. The molecule has 3 heteroatoms. The predicted octanol–water partition coefficient (Wildman–Crippen LogP) is 1.63. The van der Waals surface area contributed by atoms with E-state index in [0.717, 1.165) is 19.6 Å². The van der Waals surface area contributed by atoms with E-state index in [1.54, 1.807) is 0 Å². The molecule has 0 aromatic rings. The van der Waals surface area contributed by atoms with Crippen LogP contribution in [0, 0.1) is 11.8 Å². The highest BCUT2D eigenvalue weighted by Gasteiger charge is 2.35. The van der Waals surface area contributed by atoms with Crippen molar-refractivity contribution < 1.29 is 4.79 Å². The van der Waals surface area contributed by atoms with Gasteiger partial charge < -0.3 is 10.2 Å². The number of hydrogen-bond donors (Lipinski definition) is 1. The topological polar surface area (TPSA) is 32.3 Å². The van der Waals surface area contributed by atoms with Crippen molar-refractivity contribution in [2.45, 2.75) is 45.6 Å². The smallest absolute Gasteiger partial charge is 0.227 e. The molecule has 0 aromatic heterocycles.